The SMILES string of the molecule is CCN(CC)C(=O)C1=C(C)N=c2s/c(=C/c3ccc(OCc4ccccc4)c(OC)c3)c(=O)n2[C@@H]1c1ccc(Cl)cc1. The number of aromatic nitrogens is 1. The smallest absolute Gasteiger partial charge is 0.271 e. The van der Waals surface area contributed by atoms with Crippen LogP contribution in [0, 0.1) is 0 Å². The third-order valence-corrected chi connectivity index (χ3v) is 8.45. The molecule has 9 heteroatoms. The topological polar surface area (TPSA) is 73.1 Å². The van der Waals surface area contributed by atoms with Gasteiger partial charge in [0.15, 0.2) is 16.3 Å². The molecule has 1 amide bonds. The fourth-order valence-corrected chi connectivity index (χ4v) is 6.19. The molecule has 0 saturated carbocycles. The van der Waals surface area contributed by atoms with E-state index < -0.39 is 6.04 Å². The Morgan fingerprint density at radius 3 is 2.43 bits per heavy atom. The van der Waals surface area contributed by atoms with Crippen molar-refractivity contribution in [3.63, 3.8) is 0 Å². The molecule has 0 fully saturated rings. The van der Waals surface area contributed by atoms with Gasteiger partial charge in [-0.3, -0.25) is 14.2 Å². The normalized spacial score (nSPS) is 14.8. The van der Waals surface area contributed by atoms with Gasteiger partial charge in [0, 0.05) is 18.1 Å². The van der Waals surface area contributed by atoms with Crippen molar-refractivity contribution in [3.8, 4) is 11.5 Å². The number of nitrogens with zero attached hydrogens (tertiary/aromatic N) is 3. The molecule has 0 saturated heterocycles. The fourth-order valence-electron chi connectivity index (χ4n) is 5.02. The Morgan fingerprint density at radius 2 is 1.76 bits per heavy atom. The number of likely N-dealkylation sites (N-methyl/N-ethyl adjacent to an activating group) is 1. The summed E-state index contributed by atoms with van der Waals surface area (Å²) in [5.74, 6) is 1.04. The number of halogens is 1. The molecule has 3 aromatic carbocycles. The number of methoxy groups -OCH3 is 1. The van der Waals surface area contributed by atoms with Crippen LogP contribution in [0.3, 0.4) is 0 Å². The molecule has 1 aromatic heterocycles. The van der Waals surface area contributed by atoms with Gasteiger partial charge in [0.1, 0.15) is 6.61 Å². The molecular formula is C33H32ClN3O4S. The number of hydrogen-bond acceptors (Lipinski definition) is 6. The summed E-state index contributed by atoms with van der Waals surface area (Å²) < 4.78 is 13.7. The van der Waals surface area contributed by atoms with Crippen molar-refractivity contribution < 1.29 is 14.3 Å². The van der Waals surface area contributed by atoms with Gasteiger partial charge in [-0.1, -0.05) is 71.5 Å². The first-order chi connectivity index (χ1) is 20.3. The van der Waals surface area contributed by atoms with Crippen LogP contribution in [0.15, 0.2) is 93.9 Å². The van der Waals surface area contributed by atoms with Crippen LogP contribution in [0.1, 0.15) is 43.5 Å². The maximum Gasteiger partial charge on any atom is 0.271 e. The van der Waals surface area contributed by atoms with Crippen LogP contribution < -0.4 is 24.4 Å². The van der Waals surface area contributed by atoms with Crippen molar-refractivity contribution in [2.75, 3.05) is 20.2 Å². The molecule has 1 aliphatic rings. The van der Waals surface area contributed by atoms with E-state index in [4.69, 9.17) is 26.1 Å². The van der Waals surface area contributed by atoms with E-state index in [1.54, 1.807) is 28.7 Å². The van der Waals surface area contributed by atoms with E-state index in [2.05, 4.69) is 0 Å². The van der Waals surface area contributed by atoms with Crippen LogP contribution >= 0.6 is 22.9 Å². The molecule has 0 bridgehead atoms. The van der Waals surface area contributed by atoms with Crippen molar-refractivity contribution in [1.82, 2.24) is 9.47 Å². The Balaban J connectivity index is 1.57. The van der Waals surface area contributed by atoms with Gasteiger partial charge in [0.25, 0.3) is 11.5 Å². The third-order valence-electron chi connectivity index (χ3n) is 7.21. The second-order valence-electron chi connectivity index (χ2n) is 9.80. The molecule has 1 atom stereocenters. The quantitative estimate of drug-likeness (QED) is 0.259. The van der Waals surface area contributed by atoms with Gasteiger partial charge in [0.05, 0.1) is 29.0 Å². The van der Waals surface area contributed by atoms with Crippen LogP contribution in [0.4, 0.5) is 0 Å². The number of fused-ring (bicyclic) bond motifs is 1. The minimum atomic E-state index is -0.628. The predicted octanol–water partition coefficient (Wildman–Crippen LogP) is 5.34. The molecule has 0 unspecified atom stereocenters. The predicted molar refractivity (Wildman–Crippen MR) is 167 cm³/mol. The standard InChI is InChI=1S/C33H32ClN3O4S/c1-5-36(6-2)32(39)29-21(3)35-33-37(30(29)24-13-15-25(34)16-14-24)31(38)28(42-33)19-23-12-17-26(27(18-23)40-4)41-20-22-10-8-7-9-11-22/h7-19,30H,5-6,20H2,1-4H3/b28-19+/t30-/m1/s1. The molecule has 4 aromatic rings. The monoisotopic (exact) mass is 601 g/mol. The van der Waals surface area contributed by atoms with E-state index in [0.29, 0.717) is 56.8 Å². The number of ether oxygens (including phenoxy) is 2. The highest BCUT2D eigenvalue weighted by Crippen LogP contribution is 2.32. The summed E-state index contributed by atoms with van der Waals surface area (Å²) in [6, 6.07) is 22.1. The van der Waals surface area contributed by atoms with Gasteiger partial charge in [-0.05, 0) is 67.8 Å². The zero-order chi connectivity index (χ0) is 29.8. The fraction of sp³-hybridized carbons (Fsp3) is 0.242. The summed E-state index contributed by atoms with van der Waals surface area (Å²) in [7, 11) is 1.59. The molecule has 7 nitrogen and oxygen atoms in total. The molecule has 1 aliphatic heterocycles. The van der Waals surface area contributed by atoms with Crippen molar-refractivity contribution >= 4 is 34.9 Å². The van der Waals surface area contributed by atoms with Crippen molar-refractivity contribution in [3.05, 3.63) is 125 Å². The number of benzene rings is 3. The Labute approximate surface area is 253 Å². The number of allylic oxidation sites excluding steroid dienone is 1. The minimum Gasteiger partial charge on any atom is -0.493 e. The highest BCUT2D eigenvalue weighted by Gasteiger charge is 2.34. The van der Waals surface area contributed by atoms with Crippen molar-refractivity contribution in [2.24, 2.45) is 4.99 Å². The van der Waals surface area contributed by atoms with E-state index in [0.717, 1.165) is 16.7 Å². The van der Waals surface area contributed by atoms with Gasteiger partial charge in [-0.2, -0.15) is 0 Å². The molecule has 0 N–H and O–H groups in total. The molecule has 5 rings (SSSR count). The molecule has 0 radical (unpaired) electrons. The lowest BCUT2D eigenvalue weighted by atomic mass is 9.94. The Morgan fingerprint density at radius 1 is 1.05 bits per heavy atom. The molecule has 0 aliphatic carbocycles. The second-order valence-corrected chi connectivity index (χ2v) is 11.2. The first-order valence-electron chi connectivity index (χ1n) is 13.8. The van der Waals surface area contributed by atoms with E-state index >= 15 is 0 Å². The van der Waals surface area contributed by atoms with Crippen LogP contribution in [-0.4, -0.2) is 35.6 Å². The number of rotatable bonds is 9. The van der Waals surface area contributed by atoms with Gasteiger partial charge in [-0.25, -0.2) is 4.99 Å². The maximum absolute atomic E-state index is 14.0. The average molecular weight is 602 g/mol. The summed E-state index contributed by atoms with van der Waals surface area (Å²) >= 11 is 7.48. The van der Waals surface area contributed by atoms with E-state index in [9.17, 15) is 9.59 Å². The molecule has 2 heterocycles. The lowest BCUT2D eigenvalue weighted by molar-refractivity contribution is -0.127. The molecule has 216 valence electrons. The van der Waals surface area contributed by atoms with E-state index in [1.165, 1.54) is 11.3 Å². The molecule has 0 spiro atoms. The van der Waals surface area contributed by atoms with Crippen LogP contribution in [-0.2, 0) is 11.4 Å². The summed E-state index contributed by atoms with van der Waals surface area (Å²) in [6.45, 7) is 7.23. The Hall–Kier alpha value is -4.14. The summed E-state index contributed by atoms with van der Waals surface area (Å²) in [5.41, 5.74) is 3.48. The van der Waals surface area contributed by atoms with Gasteiger partial charge >= 0.3 is 0 Å². The van der Waals surface area contributed by atoms with Crippen molar-refractivity contribution in [2.45, 2.75) is 33.4 Å². The number of hydrogen-bond donors (Lipinski definition) is 0. The largest absolute Gasteiger partial charge is 0.493 e. The lowest BCUT2D eigenvalue weighted by Gasteiger charge is -2.29. The Bertz CT molecular complexity index is 1810. The van der Waals surface area contributed by atoms with Crippen LogP contribution in [0.25, 0.3) is 6.08 Å². The maximum atomic E-state index is 14.0. The second kappa shape index (κ2) is 12.8. The molecular weight excluding hydrogens is 570 g/mol. The van der Waals surface area contributed by atoms with E-state index in [-0.39, 0.29) is 11.5 Å². The van der Waals surface area contributed by atoms with Gasteiger partial charge < -0.3 is 14.4 Å². The number of carbonyl (C=O) groups excluding carboxylic acids is 1. The first-order valence-corrected chi connectivity index (χ1v) is 15.0. The van der Waals surface area contributed by atoms with Crippen molar-refractivity contribution in [1.29, 1.82) is 0 Å². The van der Waals surface area contributed by atoms with Crippen LogP contribution in [0.5, 0.6) is 11.5 Å². The van der Waals surface area contributed by atoms with Gasteiger partial charge in [-0.15, -0.1) is 0 Å². The lowest BCUT2D eigenvalue weighted by Crippen LogP contribution is -2.43. The zero-order valence-corrected chi connectivity index (χ0v) is 25.5. The highest BCUT2D eigenvalue weighted by molar-refractivity contribution is 7.07. The number of amides is 1. The van der Waals surface area contributed by atoms with E-state index in [1.807, 2.05) is 87.5 Å². The zero-order valence-electron chi connectivity index (χ0n) is 24.0. The molecule has 42 heavy (non-hydrogen) atoms. The van der Waals surface area contributed by atoms with Gasteiger partial charge in [0.2, 0.25) is 0 Å². The summed E-state index contributed by atoms with van der Waals surface area (Å²) in [5, 5.41) is 0.577. The Kier molecular flexibility index (Phi) is 8.94. The minimum absolute atomic E-state index is 0.133. The number of thiazole rings is 1. The average Bonchev–Trinajstić information content (AvgIpc) is 3.30. The highest BCUT2D eigenvalue weighted by atomic mass is 35.5. The first kappa shape index (κ1) is 29.4. The number of carbonyl (C=O) groups is 1. The summed E-state index contributed by atoms with van der Waals surface area (Å²) in [4.78, 5) is 34.7. The third kappa shape index (κ3) is 5.91. The summed E-state index contributed by atoms with van der Waals surface area (Å²) in [6.07, 6.45) is 1.82. The van der Waals surface area contributed by atoms with Crippen LogP contribution in [0.2, 0.25) is 5.02 Å².